The van der Waals surface area contributed by atoms with Gasteiger partial charge in [0.25, 0.3) is 0 Å². The Morgan fingerprint density at radius 3 is 2.96 bits per heavy atom. The maximum Gasteiger partial charge on any atom is 0.323 e. The van der Waals surface area contributed by atoms with Crippen LogP contribution in [0.5, 0.6) is 0 Å². The first-order valence-corrected chi connectivity index (χ1v) is 9.22. The fourth-order valence-electron chi connectivity index (χ4n) is 3.25. The molecule has 25 heavy (non-hydrogen) atoms. The standard InChI is InChI=1S/C16H21N5O3S/c1-9-17-13(20-24-9)10-8-21(6-7-23-10)15(22)19-14-18-12-11(25-14)4-5-16(12,2)3/h10H,4-8H2,1-3H3,(H,18,19,22). The van der Waals surface area contributed by atoms with Crippen molar-refractivity contribution in [3.63, 3.8) is 0 Å². The fraction of sp³-hybridized carbons (Fsp3) is 0.625. The number of amides is 2. The van der Waals surface area contributed by atoms with Gasteiger partial charge in [-0.2, -0.15) is 4.98 Å². The van der Waals surface area contributed by atoms with Gasteiger partial charge in [0.05, 0.1) is 18.8 Å². The number of hydrogen-bond acceptors (Lipinski definition) is 7. The molecule has 3 heterocycles. The summed E-state index contributed by atoms with van der Waals surface area (Å²) in [5.41, 5.74) is 1.21. The number of fused-ring (bicyclic) bond motifs is 1. The van der Waals surface area contributed by atoms with Crippen molar-refractivity contribution in [3.8, 4) is 0 Å². The molecule has 2 amide bonds. The van der Waals surface area contributed by atoms with Crippen LogP contribution in [-0.4, -0.2) is 45.8 Å². The van der Waals surface area contributed by atoms with E-state index >= 15 is 0 Å². The van der Waals surface area contributed by atoms with Gasteiger partial charge in [-0.3, -0.25) is 5.32 Å². The lowest BCUT2D eigenvalue weighted by atomic mass is 9.91. The molecule has 1 unspecified atom stereocenters. The molecule has 1 atom stereocenters. The summed E-state index contributed by atoms with van der Waals surface area (Å²) in [6.45, 7) is 7.48. The van der Waals surface area contributed by atoms with Crippen LogP contribution in [0.25, 0.3) is 0 Å². The number of anilines is 1. The minimum absolute atomic E-state index is 0.0926. The SMILES string of the molecule is Cc1nc(C2CN(C(=O)Nc3nc4c(s3)CCC4(C)C)CCO2)no1. The van der Waals surface area contributed by atoms with Gasteiger partial charge in [0, 0.05) is 23.8 Å². The second kappa shape index (κ2) is 6.06. The second-order valence-corrected chi connectivity index (χ2v) is 8.17. The number of carbonyl (C=O) groups is 1. The fourth-order valence-corrected chi connectivity index (χ4v) is 4.39. The van der Waals surface area contributed by atoms with E-state index < -0.39 is 0 Å². The number of nitrogens with zero attached hydrogens (tertiary/aromatic N) is 4. The van der Waals surface area contributed by atoms with E-state index in [1.165, 1.54) is 4.88 Å². The van der Waals surface area contributed by atoms with Gasteiger partial charge in [0.2, 0.25) is 11.7 Å². The third-order valence-electron chi connectivity index (χ3n) is 4.71. The highest BCUT2D eigenvalue weighted by molar-refractivity contribution is 7.16. The Kier molecular flexibility index (Phi) is 3.99. The highest BCUT2D eigenvalue weighted by Gasteiger charge is 2.34. The van der Waals surface area contributed by atoms with Crippen molar-refractivity contribution in [2.24, 2.45) is 0 Å². The summed E-state index contributed by atoms with van der Waals surface area (Å²) in [6.07, 6.45) is 1.79. The van der Waals surface area contributed by atoms with Crippen molar-refractivity contribution in [2.45, 2.75) is 45.1 Å². The molecule has 0 spiro atoms. The normalized spacial score (nSPS) is 22.0. The molecule has 1 aliphatic heterocycles. The molecule has 2 aromatic rings. The van der Waals surface area contributed by atoms with E-state index in [1.807, 2.05) is 0 Å². The van der Waals surface area contributed by atoms with Gasteiger partial charge in [-0.25, -0.2) is 9.78 Å². The van der Waals surface area contributed by atoms with Crippen LogP contribution >= 0.6 is 11.3 Å². The highest BCUT2D eigenvalue weighted by atomic mass is 32.1. The van der Waals surface area contributed by atoms with E-state index in [0.717, 1.165) is 18.5 Å². The summed E-state index contributed by atoms with van der Waals surface area (Å²) in [4.78, 5) is 24.4. The Labute approximate surface area is 149 Å². The molecule has 1 saturated heterocycles. The summed E-state index contributed by atoms with van der Waals surface area (Å²) in [5, 5.41) is 7.49. The first-order chi connectivity index (χ1) is 11.9. The maximum atomic E-state index is 12.6. The smallest absolute Gasteiger partial charge is 0.323 e. The monoisotopic (exact) mass is 363 g/mol. The average Bonchev–Trinajstić information content (AvgIpc) is 3.25. The second-order valence-electron chi connectivity index (χ2n) is 7.08. The van der Waals surface area contributed by atoms with Gasteiger partial charge < -0.3 is 14.2 Å². The molecule has 1 fully saturated rings. The van der Waals surface area contributed by atoms with Crippen molar-refractivity contribution in [1.82, 2.24) is 20.0 Å². The van der Waals surface area contributed by atoms with Gasteiger partial charge in [-0.15, -0.1) is 11.3 Å². The van der Waals surface area contributed by atoms with Gasteiger partial charge >= 0.3 is 6.03 Å². The van der Waals surface area contributed by atoms with Crippen molar-refractivity contribution >= 4 is 22.5 Å². The molecular weight excluding hydrogens is 342 g/mol. The molecule has 1 N–H and O–H groups in total. The molecule has 0 radical (unpaired) electrons. The predicted molar refractivity (Wildman–Crippen MR) is 91.8 cm³/mol. The Hall–Kier alpha value is -2.00. The van der Waals surface area contributed by atoms with Crippen LogP contribution in [0.1, 0.15) is 48.7 Å². The van der Waals surface area contributed by atoms with Gasteiger partial charge in [0.1, 0.15) is 6.10 Å². The van der Waals surface area contributed by atoms with Crippen LogP contribution in [0.3, 0.4) is 0 Å². The van der Waals surface area contributed by atoms with Gasteiger partial charge in [-0.05, 0) is 12.8 Å². The molecule has 134 valence electrons. The molecule has 8 nitrogen and oxygen atoms in total. The molecular formula is C16H21N5O3S. The van der Waals surface area contributed by atoms with Crippen molar-refractivity contribution in [1.29, 1.82) is 0 Å². The van der Waals surface area contributed by atoms with Crippen LogP contribution in [0.15, 0.2) is 4.52 Å². The van der Waals surface area contributed by atoms with Crippen molar-refractivity contribution < 1.29 is 14.1 Å². The van der Waals surface area contributed by atoms with E-state index in [4.69, 9.17) is 9.26 Å². The number of nitrogens with one attached hydrogen (secondary N) is 1. The summed E-state index contributed by atoms with van der Waals surface area (Å²) in [6, 6.07) is -0.168. The largest absolute Gasteiger partial charge is 0.366 e. The van der Waals surface area contributed by atoms with Crippen LogP contribution < -0.4 is 5.32 Å². The number of thiazole rings is 1. The summed E-state index contributed by atoms with van der Waals surface area (Å²) < 4.78 is 10.7. The van der Waals surface area contributed by atoms with E-state index in [2.05, 4.69) is 34.3 Å². The first-order valence-electron chi connectivity index (χ1n) is 8.40. The van der Waals surface area contributed by atoms with Gasteiger partial charge in [-0.1, -0.05) is 19.0 Å². The number of hydrogen-bond donors (Lipinski definition) is 1. The molecule has 0 saturated carbocycles. The number of rotatable bonds is 2. The molecule has 2 aromatic heterocycles. The summed E-state index contributed by atoms with van der Waals surface area (Å²) in [5.74, 6) is 0.963. The third kappa shape index (κ3) is 3.13. The molecule has 1 aliphatic carbocycles. The Balaban J connectivity index is 1.43. The third-order valence-corrected chi connectivity index (χ3v) is 5.74. The molecule has 2 aliphatic rings. The van der Waals surface area contributed by atoms with Crippen molar-refractivity contribution in [2.75, 3.05) is 25.0 Å². The highest BCUT2D eigenvalue weighted by Crippen LogP contribution is 2.42. The zero-order valence-electron chi connectivity index (χ0n) is 14.5. The van der Waals surface area contributed by atoms with Crippen LogP contribution in [0.2, 0.25) is 0 Å². The zero-order chi connectivity index (χ0) is 17.6. The van der Waals surface area contributed by atoms with Crippen LogP contribution in [0, 0.1) is 6.92 Å². The summed E-state index contributed by atoms with van der Waals surface area (Å²) in [7, 11) is 0. The van der Waals surface area contributed by atoms with Crippen LogP contribution in [-0.2, 0) is 16.6 Å². The number of aromatic nitrogens is 3. The summed E-state index contributed by atoms with van der Waals surface area (Å²) >= 11 is 1.58. The lowest BCUT2D eigenvalue weighted by molar-refractivity contribution is -0.0190. The number of aryl methyl sites for hydroxylation is 2. The van der Waals surface area contributed by atoms with Crippen LogP contribution in [0.4, 0.5) is 9.93 Å². The zero-order valence-corrected chi connectivity index (χ0v) is 15.4. The number of ether oxygens (including phenoxy) is 1. The molecule has 0 aromatic carbocycles. The quantitative estimate of drug-likeness (QED) is 0.882. The lowest BCUT2D eigenvalue weighted by Crippen LogP contribution is -2.44. The van der Waals surface area contributed by atoms with E-state index in [0.29, 0.717) is 36.5 Å². The lowest BCUT2D eigenvalue weighted by Gasteiger charge is -2.31. The Morgan fingerprint density at radius 2 is 2.24 bits per heavy atom. The minimum atomic E-state index is -0.364. The molecule has 9 heteroatoms. The Morgan fingerprint density at radius 1 is 1.40 bits per heavy atom. The predicted octanol–water partition coefficient (Wildman–Crippen LogP) is 2.66. The molecule has 4 rings (SSSR count). The number of carbonyl (C=O) groups excluding carboxylic acids is 1. The van der Waals surface area contributed by atoms with Crippen molar-refractivity contribution in [3.05, 3.63) is 22.3 Å². The number of urea groups is 1. The van der Waals surface area contributed by atoms with E-state index in [-0.39, 0.29) is 17.6 Å². The average molecular weight is 363 g/mol. The topological polar surface area (TPSA) is 93.4 Å². The maximum absolute atomic E-state index is 12.6. The van der Waals surface area contributed by atoms with E-state index in [1.54, 1.807) is 23.2 Å². The van der Waals surface area contributed by atoms with E-state index in [9.17, 15) is 4.79 Å². The Bertz CT molecular complexity index is 800. The molecule has 0 bridgehead atoms. The minimum Gasteiger partial charge on any atom is -0.366 e. The van der Waals surface area contributed by atoms with Gasteiger partial charge in [0.15, 0.2) is 5.13 Å². The first kappa shape index (κ1) is 16.5. The number of morpholine rings is 1.